The van der Waals surface area contributed by atoms with E-state index >= 15 is 0 Å². The molecule has 0 fully saturated rings. The zero-order valence-electron chi connectivity index (χ0n) is 9.71. The van der Waals surface area contributed by atoms with Gasteiger partial charge in [0, 0.05) is 0 Å². The lowest BCUT2D eigenvalue weighted by atomic mass is 10.0. The standard InChI is InChI=1S/C14H18O/c1-6-12-8-11(5)14(15-10(3)4)9-13(12)7-2/h6-10H,1-2H2,3-5H3. The van der Waals surface area contributed by atoms with Gasteiger partial charge >= 0.3 is 0 Å². The van der Waals surface area contributed by atoms with Crippen molar-refractivity contribution in [1.29, 1.82) is 0 Å². The van der Waals surface area contributed by atoms with Crippen LogP contribution in [0.1, 0.15) is 30.5 Å². The molecule has 0 N–H and O–H groups in total. The van der Waals surface area contributed by atoms with Crippen LogP contribution in [0.5, 0.6) is 5.75 Å². The highest BCUT2D eigenvalue weighted by Crippen LogP contribution is 2.25. The molecule has 0 radical (unpaired) electrons. The lowest BCUT2D eigenvalue weighted by Gasteiger charge is -2.14. The quantitative estimate of drug-likeness (QED) is 0.715. The summed E-state index contributed by atoms with van der Waals surface area (Å²) >= 11 is 0. The van der Waals surface area contributed by atoms with Crippen molar-refractivity contribution in [3.63, 3.8) is 0 Å². The highest BCUT2D eigenvalue weighted by atomic mass is 16.5. The van der Waals surface area contributed by atoms with Crippen LogP contribution < -0.4 is 4.74 Å². The third kappa shape index (κ3) is 2.72. The molecule has 0 aliphatic carbocycles. The second-order valence-corrected chi connectivity index (χ2v) is 3.82. The van der Waals surface area contributed by atoms with Crippen molar-refractivity contribution in [2.75, 3.05) is 0 Å². The molecule has 0 aliphatic rings. The molecule has 80 valence electrons. The second kappa shape index (κ2) is 4.83. The van der Waals surface area contributed by atoms with Gasteiger partial charge in [0.25, 0.3) is 0 Å². The Balaban J connectivity index is 3.19. The summed E-state index contributed by atoms with van der Waals surface area (Å²) in [5, 5.41) is 0. The van der Waals surface area contributed by atoms with Crippen LogP contribution in [0.4, 0.5) is 0 Å². The molecule has 0 saturated heterocycles. The molecule has 0 amide bonds. The Kier molecular flexibility index (Phi) is 3.73. The molecular weight excluding hydrogens is 184 g/mol. The van der Waals surface area contributed by atoms with E-state index in [4.69, 9.17) is 4.74 Å². The fourth-order valence-electron chi connectivity index (χ4n) is 1.46. The third-order valence-electron chi connectivity index (χ3n) is 2.18. The first-order valence-corrected chi connectivity index (χ1v) is 5.14. The Hall–Kier alpha value is -1.50. The van der Waals surface area contributed by atoms with Crippen LogP contribution in [0.3, 0.4) is 0 Å². The fraction of sp³-hybridized carbons (Fsp3) is 0.286. The molecule has 0 bridgehead atoms. The highest BCUT2D eigenvalue weighted by molar-refractivity contribution is 5.66. The molecule has 15 heavy (non-hydrogen) atoms. The van der Waals surface area contributed by atoms with E-state index in [9.17, 15) is 0 Å². The van der Waals surface area contributed by atoms with Crippen LogP contribution in [0, 0.1) is 6.92 Å². The van der Waals surface area contributed by atoms with Gasteiger partial charge in [0.05, 0.1) is 6.10 Å². The van der Waals surface area contributed by atoms with E-state index in [1.165, 1.54) is 0 Å². The number of ether oxygens (including phenoxy) is 1. The molecule has 0 saturated carbocycles. The summed E-state index contributed by atoms with van der Waals surface area (Å²) in [4.78, 5) is 0. The van der Waals surface area contributed by atoms with Crippen molar-refractivity contribution in [3.05, 3.63) is 42.0 Å². The van der Waals surface area contributed by atoms with E-state index in [1.54, 1.807) is 0 Å². The zero-order chi connectivity index (χ0) is 11.4. The van der Waals surface area contributed by atoms with E-state index in [1.807, 2.05) is 39.0 Å². The average molecular weight is 202 g/mol. The topological polar surface area (TPSA) is 9.23 Å². The van der Waals surface area contributed by atoms with Gasteiger partial charge < -0.3 is 4.74 Å². The minimum Gasteiger partial charge on any atom is -0.491 e. The summed E-state index contributed by atoms with van der Waals surface area (Å²) in [5.74, 6) is 0.922. The smallest absolute Gasteiger partial charge is 0.123 e. The van der Waals surface area contributed by atoms with Crippen molar-refractivity contribution in [2.24, 2.45) is 0 Å². The predicted molar refractivity (Wildman–Crippen MR) is 67.1 cm³/mol. The summed E-state index contributed by atoms with van der Waals surface area (Å²) in [6, 6.07) is 4.08. The van der Waals surface area contributed by atoms with E-state index in [2.05, 4.69) is 19.2 Å². The first-order valence-electron chi connectivity index (χ1n) is 5.14. The molecular formula is C14H18O. The largest absolute Gasteiger partial charge is 0.491 e. The molecule has 0 heterocycles. The summed E-state index contributed by atoms with van der Waals surface area (Å²) in [6.07, 6.45) is 3.85. The van der Waals surface area contributed by atoms with Crippen molar-refractivity contribution in [1.82, 2.24) is 0 Å². The molecule has 1 rings (SSSR count). The Morgan fingerprint density at radius 3 is 2.13 bits per heavy atom. The van der Waals surface area contributed by atoms with Gasteiger partial charge in [-0.2, -0.15) is 0 Å². The van der Waals surface area contributed by atoms with Gasteiger partial charge in [-0.05, 0) is 49.6 Å². The van der Waals surface area contributed by atoms with Crippen LogP contribution >= 0.6 is 0 Å². The minimum absolute atomic E-state index is 0.191. The maximum Gasteiger partial charge on any atom is 0.123 e. The van der Waals surface area contributed by atoms with E-state index < -0.39 is 0 Å². The van der Waals surface area contributed by atoms with Crippen LogP contribution in [0.2, 0.25) is 0 Å². The van der Waals surface area contributed by atoms with Crippen molar-refractivity contribution in [2.45, 2.75) is 26.9 Å². The lowest BCUT2D eigenvalue weighted by Crippen LogP contribution is -2.07. The Bertz CT molecular complexity index is 375. The maximum atomic E-state index is 5.70. The van der Waals surface area contributed by atoms with Gasteiger partial charge in [-0.3, -0.25) is 0 Å². The number of hydrogen-bond donors (Lipinski definition) is 0. The summed E-state index contributed by atoms with van der Waals surface area (Å²) in [5.41, 5.74) is 3.29. The third-order valence-corrected chi connectivity index (χ3v) is 2.18. The average Bonchev–Trinajstić information content (AvgIpc) is 2.19. The molecule has 0 aromatic heterocycles. The van der Waals surface area contributed by atoms with Crippen LogP contribution in [0.15, 0.2) is 25.3 Å². The Morgan fingerprint density at radius 1 is 1.13 bits per heavy atom. The molecule has 0 atom stereocenters. The first-order chi connectivity index (χ1) is 7.08. The van der Waals surface area contributed by atoms with Gasteiger partial charge in [0.15, 0.2) is 0 Å². The molecule has 1 aromatic rings. The fourth-order valence-corrected chi connectivity index (χ4v) is 1.46. The monoisotopic (exact) mass is 202 g/mol. The van der Waals surface area contributed by atoms with Crippen molar-refractivity contribution < 1.29 is 4.74 Å². The first kappa shape index (κ1) is 11.6. The molecule has 1 aromatic carbocycles. The van der Waals surface area contributed by atoms with Gasteiger partial charge in [-0.1, -0.05) is 25.3 Å². The Labute approximate surface area is 92.1 Å². The molecule has 0 aliphatic heterocycles. The van der Waals surface area contributed by atoms with E-state index in [0.717, 1.165) is 22.4 Å². The molecule has 0 spiro atoms. The zero-order valence-corrected chi connectivity index (χ0v) is 9.71. The summed E-state index contributed by atoms with van der Waals surface area (Å²) in [6.45, 7) is 13.7. The van der Waals surface area contributed by atoms with Crippen LogP contribution in [-0.2, 0) is 0 Å². The number of hydrogen-bond acceptors (Lipinski definition) is 1. The predicted octanol–water partition coefficient (Wildman–Crippen LogP) is 4.07. The van der Waals surface area contributed by atoms with Crippen molar-refractivity contribution in [3.8, 4) is 5.75 Å². The molecule has 1 nitrogen and oxygen atoms in total. The van der Waals surface area contributed by atoms with E-state index in [-0.39, 0.29) is 6.10 Å². The van der Waals surface area contributed by atoms with Crippen molar-refractivity contribution >= 4 is 12.2 Å². The molecule has 1 heteroatoms. The van der Waals surface area contributed by atoms with Crippen LogP contribution in [-0.4, -0.2) is 6.10 Å². The number of benzene rings is 1. The normalized spacial score (nSPS) is 10.1. The van der Waals surface area contributed by atoms with Gasteiger partial charge in [-0.15, -0.1) is 0 Å². The van der Waals surface area contributed by atoms with Gasteiger partial charge in [0.1, 0.15) is 5.75 Å². The van der Waals surface area contributed by atoms with Gasteiger partial charge in [-0.25, -0.2) is 0 Å². The SMILES string of the molecule is C=Cc1cc(C)c(OC(C)C)cc1C=C. The minimum atomic E-state index is 0.191. The lowest BCUT2D eigenvalue weighted by molar-refractivity contribution is 0.240. The van der Waals surface area contributed by atoms with Crippen LogP contribution in [0.25, 0.3) is 12.2 Å². The number of aryl methyl sites for hydroxylation is 1. The second-order valence-electron chi connectivity index (χ2n) is 3.82. The van der Waals surface area contributed by atoms with Gasteiger partial charge in [0.2, 0.25) is 0 Å². The summed E-state index contributed by atoms with van der Waals surface area (Å²) < 4.78 is 5.70. The summed E-state index contributed by atoms with van der Waals surface area (Å²) in [7, 11) is 0. The van der Waals surface area contributed by atoms with E-state index in [0.29, 0.717) is 0 Å². The number of rotatable bonds is 4. The Morgan fingerprint density at radius 2 is 1.67 bits per heavy atom. The molecule has 0 unspecified atom stereocenters. The maximum absolute atomic E-state index is 5.70. The highest BCUT2D eigenvalue weighted by Gasteiger charge is 2.05.